The van der Waals surface area contributed by atoms with Crippen LogP contribution in [0.5, 0.6) is 11.5 Å². The number of thioether (sulfide) groups is 1. The van der Waals surface area contributed by atoms with Crippen molar-refractivity contribution < 1.29 is 14.3 Å². The number of para-hydroxylation sites is 1. The van der Waals surface area contributed by atoms with E-state index in [0.29, 0.717) is 39.0 Å². The Morgan fingerprint density at radius 1 is 1.12 bits per heavy atom. The van der Waals surface area contributed by atoms with E-state index in [-0.39, 0.29) is 5.91 Å². The lowest BCUT2D eigenvalue weighted by Gasteiger charge is -2.17. The molecule has 1 aliphatic heterocycles. The van der Waals surface area contributed by atoms with Gasteiger partial charge in [0.1, 0.15) is 6.61 Å². The van der Waals surface area contributed by atoms with E-state index >= 15 is 0 Å². The predicted molar refractivity (Wildman–Crippen MR) is 153 cm³/mol. The van der Waals surface area contributed by atoms with Gasteiger partial charge in [0.05, 0.1) is 20.8 Å². The first-order valence-corrected chi connectivity index (χ1v) is 13.2. The maximum Gasteiger partial charge on any atom is 0.270 e. The van der Waals surface area contributed by atoms with E-state index in [1.54, 1.807) is 4.90 Å². The third kappa shape index (κ3) is 5.59. The lowest BCUT2D eigenvalue weighted by Crippen LogP contribution is -2.28. The van der Waals surface area contributed by atoms with Crippen molar-refractivity contribution >= 4 is 80.2 Å². The highest BCUT2D eigenvalue weighted by Gasteiger charge is 2.34. The standard InChI is InChI=1S/C26H21ClINO3S2/c1-3-31-22-13-18(12-20(28)24(22)32-15-17-8-10-19(27)11-9-17)14-23-25(30)29(26(33)34-23)21-7-5-4-6-16(21)2/h4-14H,3,15H2,1-2H3/b23-14+. The minimum Gasteiger partial charge on any atom is -0.490 e. The number of ether oxygens (including phenoxy) is 2. The van der Waals surface area contributed by atoms with Crippen molar-refractivity contribution in [2.45, 2.75) is 20.5 Å². The summed E-state index contributed by atoms with van der Waals surface area (Å²) in [6.45, 7) is 4.78. The molecular formula is C26H21ClINO3S2. The minimum atomic E-state index is -0.125. The number of rotatable bonds is 7. The summed E-state index contributed by atoms with van der Waals surface area (Å²) in [5.41, 5.74) is 3.66. The summed E-state index contributed by atoms with van der Waals surface area (Å²) < 4.78 is 13.4. The van der Waals surface area contributed by atoms with Crippen LogP contribution in [0.15, 0.2) is 65.6 Å². The quantitative estimate of drug-likeness (QED) is 0.154. The third-order valence-corrected chi connectivity index (χ3v) is 7.43. The van der Waals surface area contributed by atoms with Crippen LogP contribution in [-0.4, -0.2) is 16.8 Å². The Balaban J connectivity index is 1.60. The second kappa shape index (κ2) is 11.1. The van der Waals surface area contributed by atoms with Gasteiger partial charge in [-0.1, -0.05) is 65.9 Å². The average molecular weight is 622 g/mol. The first kappa shape index (κ1) is 25.0. The lowest BCUT2D eigenvalue weighted by atomic mass is 10.1. The molecule has 3 aromatic rings. The van der Waals surface area contributed by atoms with Crippen LogP contribution >= 0.6 is 58.2 Å². The van der Waals surface area contributed by atoms with Crippen LogP contribution in [0.3, 0.4) is 0 Å². The zero-order valence-electron chi connectivity index (χ0n) is 18.5. The van der Waals surface area contributed by atoms with E-state index in [1.165, 1.54) is 11.8 Å². The number of carbonyl (C=O) groups excluding carboxylic acids is 1. The molecule has 0 saturated carbocycles. The molecule has 1 fully saturated rings. The summed E-state index contributed by atoms with van der Waals surface area (Å²) in [6.07, 6.45) is 1.85. The number of carbonyl (C=O) groups is 1. The molecule has 0 bridgehead atoms. The van der Waals surface area contributed by atoms with Crippen LogP contribution < -0.4 is 14.4 Å². The predicted octanol–water partition coefficient (Wildman–Crippen LogP) is 7.64. The lowest BCUT2D eigenvalue weighted by molar-refractivity contribution is -0.113. The average Bonchev–Trinajstić information content (AvgIpc) is 3.07. The van der Waals surface area contributed by atoms with Crippen molar-refractivity contribution in [3.8, 4) is 11.5 Å². The van der Waals surface area contributed by atoms with Gasteiger partial charge in [-0.15, -0.1) is 0 Å². The van der Waals surface area contributed by atoms with Crippen molar-refractivity contribution in [2.24, 2.45) is 0 Å². The van der Waals surface area contributed by atoms with E-state index in [2.05, 4.69) is 22.6 Å². The molecule has 4 nitrogen and oxygen atoms in total. The Morgan fingerprint density at radius 2 is 1.85 bits per heavy atom. The van der Waals surface area contributed by atoms with Crippen LogP contribution in [0.1, 0.15) is 23.6 Å². The monoisotopic (exact) mass is 621 g/mol. The van der Waals surface area contributed by atoms with Gasteiger partial charge < -0.3 is 9.47 Å². The van der Waals surface area contributed by atoms with Gasteiger partial charge in [0, 0.05) is 5.02 Å². The Labute approximate surface area is 227 Å². The first-order valence-electron chi connectivity index (χ1n) is 10.5. The zero-order chi connectivity index (χ0) is 24.2. The summed E-state index contributed by atoms with van der Waals surface area (Å²) >= 11 is 15.0. The number of amides is 1. The summed E-state index contributed by atoms with van der Waals surface area (Å²) in [7, 11) is 0. The number of thiocarbonyl (C=S) groups is 1. The molecule has 3 aromatic carbocycles. The highest BCUT2D eigenvalue weighted by atomic mass is 127. The summed E-state index contributed by atoms with van der Waals surface area (Å²) in [5, 5.41) is 0.686. The van der Waals surface area contributed by atoms with Crippen LogP contribution in [0.25, 0.3) is 6.08 Å². The maximum atomic E-state index is 13.2. The van der Waals surface area contributed by atoms with E-state index in [9.17, 15) is 4.79 Å². The summed E-state index contributed by atoms with van der Waals surface area (Å²) in [4.78, 5) is 15.4. The molecule has 0 radical (unpaired) electrons. The number of anilines is 1. The van der Waals surface area contributed by atoms with Gasteiger partial charge in [-0.25, -0.2) is 0 Å². The van der Waals surface area contributed by atoms with Crippen LogP contribution in [0.4, 0.5) is 5.69 Å². The van der Waals surface area contributed by atoms with Crippen molar-refractivity contribution in [1.29, 1.82) is 0 Å². The molecule has 174 valence electrons. The molecular weight excluding hydrogens is 601 g/mol. The molecule has 0 spiro atoms. The Hall–Kier alpha value is -2.07. The molecule has 1 saturated heterocycles. The largest absolute Gasteiger partial charge is 0.490 e. The normalized spacial score (nSPS) is 14.7. The molecule has 0 aliphatic carbocycles. The molecule has 4 rings (SSSR count). The third-order valence-electron chi connectivity index (χ3n) is 5.08. The highest BCUT2D eigenvalue weighted by Crippen LogP contribution is 2.39. The number of halogens is 2. The molecule has 0 unspecified atom stereocenters. The van der Waals surface area contributed by atoms with Crippen LogP contribution in [0, 0.1) is 10.5 Å². The van der Waals surface area contributed by atoms with Gasteiger partial charge in [-0.2, -0.15) is 0 Å². The van der Waals surface area contributed by atoms with Gasteiger partial charge >= 0.3 is 0 Å². The summed E-state index contributed by atoms with van der Waals surface area (Å²) in [5.74, 6) is 1.17. The molecule has 0 N–H and O–H groups in total. The smallest absolute Gasteiger partial charge is 0.270 e. The second-order valence-corrected chi connectivity index (χ2v) is 10.8. The van der Waals surface area contributed by atoms with Gasteiger partial charge in [0.25, 0.3) is 5.91 Å². The molecule has 1 amide bonds. The maximum absolute atomic E-state index is 13.2. The number of aryl methyl sites for hydroxylation is 1. The van der Waals surface area contributed by atoms with E-state index in [0.717, 1.165) is 25.9 Å². The van der Waals surface area contributed by atoms with E-state index in [4.69, 9.17) is 33.3 Å². The molecule has 1 aliphatic rings. The van der Waals surface area contributed by atoms with Gasteiger partial charge in [-0.3, -0.25) is 9.69 Å². The van der Waals surface area contributed by atoms with Gasteiger partial charge in [0.15, 0.2) is 15.8 Å². The Morgan fingerprint density at radius 3 is 2.56 bits per heavy atom. The number of hydrogen-bond acceptors (Lipinski definition) is 5. The molecule has 34 heavy (non-hydrogen) atoms. The van der Waals surface area contributed by atoms with E-state index < -0.39 is 0 Å². The molecule has 8 heteroatoms. The van der Waals surface area contributed by atoms with Crippen molar-refractivity contribution in [3.05, 3.63) is 90.9 Å². The molecule has 0 atom stereocenters. The highest BCUT2D eigenvalue weighted by molar-refractivity contribution is 14.1. The fraction of sp³-hybridized carbons (Fsp3) is 0.154. The number of benzene rings is 3. The van der Waals surface area contributed by atoms with Crippen LogP contribution in [0.2, 0.25) is 5.02 Å². The first-order chi connectivity index (χ1) is 16.4. The van der Waals surface area contributed by atoms with Gasteiger partial charge in [-0.05, 0) is 89.5 Å². The topological polar surface area (TPSA) is 38.8 Å². The zero-order valence-corrected chi connectivity index (χ0v) is 23.1. The Kier molecular flexibility index (Phi) is 8.18. The molecule has 0 aromatic heterocycles. The van der Waals surface area contributed by atoms with Crippen molar-refractivity contribution in [1.82, 2.24) is 0 Å². The van der Waals surface area contributed by atoms with Crippen molar-refractivity contribution in [3.63, 3.8) is 0 Å². The van der Waals surface area contributed by atoms with Crippen molar-refractivity contribution in [2.75, 3.05) is 11.5 Å². The number of nitrogens with zero attached hydrogens (tertiary/aromatic N) is 1. The fourth-order valence-corrected chi connectivity index (χ4v) is 5.64. The Bertz CT molecular complexity index is 1280. The van der Waals surface area contributed by atoms with Crippen LogP contribution in [-0.2, 0) is 11.4 Å². The van der Waals surface area contributed by atoms with E-state index in [1.807, 2.05) is 80.6 Å². The minimum absolute atomic E-state index is 0.125. The molecule has 1 heterocycles. The van der Waals surface area contributed by atoms with Gasteiger partial charge in [0.2, 0.25) is 0 Å². The fourth-order valence-electron chi connectivity index (χ4n) is 3.45. The summed E-state index contributed by atoms with van der Waals surface area (Å²) in [6, 6.07) is 19.1. The number of hydrogen-bond donors (Lipinski definition) is 0. The second-order valence-electron chi connectivity index (χ2n) is 7.48. The SMILES string of the molecule is CCOc1cc(/C=C2/SC(=S)N(c3ccccc3C)C2=O)cc(I)c1OCc1ccc(Cl)cc1.